The number of ether oxygens (including phenoxy) is 1. The molecule has 0 aliphatic heterocycles. The lowest BCUT2D eigenvalue weighted by molar-refractivity contribution is -0.757. The number of hydrogen-bond donors (Lipinski definition) is 1. The minimum atomic E-state index is -3.29. The van der Waals surface area contributed by atoms with Gasteiger partial charge >= 0.3 is 0 Å². The number of benzene rings is 2. The number of nitrogens with two attached hydrogens (primary N) is 1. The van der Waals surface area contributed by atoms with Crippen LogP contribution in [0.15, 0.2) is 65.6 Å². The Morgan fingerprint density at radius 3 is 2.36 bits per heavy atom. The molecule has 0 radical (unpaired) electrons. The molecule has 9 nitrogen and oxygen atoms in total. The molecule has 0 fully saturated rings. The van der Waals surface area contributed by atoms with E-state index in [9.17, 15) is 18.5 Å². The molecule has 0 aliphatic rings. The van der Waals surface area contributed by atoms with Crippen LogP contribution in [0.3, 0.4) is 0 Å². The highest BCUT2D eigenvalue weighted by Gasteiger charge is 2.20. The van der Waals surface area contributed by atoms with Gasteiger partial charge < -0.3 is 19.9 Å². The smallest absolute Gasteiger partial charge is 0.294 e. The first-order valence-electron chi connectivity index (χ1n) is 10.4. The van der Waals surface area contributed by atoms with Crippen molar-refractivity contribution in [2.45, 2.75) is 24.3 Å². The molecule has 176 valence electrons. The van der Waals surface area contributed by atoms with E-state index in [1.165, 1.54) is 6.26 Å². The van der Waals surface area contributed by atoms with E-state index >= 15 is 0 Å². The van der Waals surface area contributed by atoms with Crippen molar-refractivity contribution in [3.63, 3.8) is 0 Å². The summed E-state index contributed by atoms with van der Waals surface area (Å²) in [5.41, 5.74) is 10.9. The molecule has 10 heteroatoms. The van der Waals surface area contributed by atoms with Gasteiger partial charge in [0.25, 0.3) is 5.09 Å². The van der Waals surface area contributed by atoms with Crippen LogP contribution in [-0.4, -0.2) is 44.1 Å². The second-order valence-corrected chi connectivity index (χ2v) is 9.65. The van der Waals surface area contributed by atoms with Gasteiger partial charge in [-0.1, -0.05) is 30.3 Å². The number of aromatic nitrogens is 1. The van der Waals surface area contributed by atoms with Gasteiger partial charge in [-0.15, -0.1) is 10.1 Å². The van der Waals surface area contributed by atoms with Crippen molar-refractivity contribution in [1.29, 1.82) is 0 Å². The van der Waals surface area contributed by atoms with Crippen molar-refractivity contribution >= 4 is 9.84 Å². The summed E-state index contributed by atoms with van der Waals surface area (Å²) in [5, 5.41) is 9.36. The zero-order valence-corrected chi connectivity index (χ0v) is 19.3. The molecule has 1 aromatic heterocycles. The van der Waals surface area contributed by atoms with Crippen LogP contribution in [0.2, 0.25) is 0 Å². The lowest BCUT2D eigenvalue weighted by Crippen LogP contribution is -2.18. The molecule has 0 aliphatic carbocycles. The van der Waals surface area contributed by atoms with Gasteiger partial charge in [-0.3, -0.25) is 0 Å². The summed E-state index contributed by atoms with van der Waals surface area (Å²) < 4.78 is 31.4. The van der Waals surface area contributed by atoms with Gasteiger partial charge in [0.2, 0.25) is 0 Å². The number of nitrogens with zero attached hydrogens (tertiary/aromatic N) is 2. The molecular weight excluding hydrogens is 446 g/mol. The molecule has 1 unspecified atom stereocenters. The Hall–Kier alpha value is -3.21. The quantitative estimate of drug-likeness (QED) is 0.257. The first kappa shape index (κ1) is 24.4. The second-order valence-electron chi connectivity index (χ2n) is 7.63. The molecule has 3 rings (SSSR count). The summed E-state index contributed by atoms with van der Waals surface area (Å²) in [4.78, 5) is 14.7. The SMILES string of the molecule is Cc1c(C(N)COCCCO[N+](=O)[O-])cc(-c2ccc(S(C)(=O)=O)cc2)n1-c1ccccc1. The van der Waals surface area contributed by atoms with Crippen molar-refractivity contribution in [1.82, 2.24) is 4.57 Å². The van der Waals surface area contributed by atoms with Gasteiger partial charge in [-0.05, 0) is 54.8 Å². The molecule has 33 heavy (non-hydrogen) atoms. The van der Waals surface area contributed by atoms with Crippen molar-refractivity contribution in [3.8, 4) is 16.9 Å². The maximum atomic E-state index is 11.8. The molecule has 3 aromatic rings. The Labute approximate surface area is 192 Å². The third-order valence-corrected chi connectivity index (χ3v) is 6.33. The van der Waals surface area contributed by atoms with E-state index in [1.54, 1.807) is 24.3 Å². The molecule has 0 bridgehead atoms. The van der Waals surface area contributed by atoms with E-state index in [-0.39, 0.29) is 18.1 Å². The summed E-state index contributed by atoms with van der Waals surface area (Å²) in [5.74, 6) is 0. The topological polar surface area (TPSA) is 127 Å². The Bertz CT molecular complexity index is 1190. The Morgan fingerprint density at radius 2 is 1.76 bits per heavy atom. The fourth-order valence-corrected chi connectivity index (χ4v) is 4.23. The van der Waals surface area contributed by atoms with Crippen LogP contribution in [0.4, 0.5) is 0 Å². The Kier molecular flexibility index (Phi) is 7.85. The molecule has 1 atom stereocenters. The lowest BCUT2D eigenvalue weighted by atomic mass is 10.1. The van der Waals surface area contributed by atoms with Crippen LogP contribution in [-0.2, 0) is 19.4 Å². The van der Waals surface area contributed by atoms with Gasteiger partial charge in [0.05, 0.1) is 29.8 Å². The maximum absolute atomic E-state index is 11.8. The van der Waals surface area contributed by atoms with Crippen molar-refractivity contribution in [2.75, 3.05) is 26.1 Å². The van der Waals surface area contributed by atoms with E-state index in [4.69, 9.17) is 10.5 Å². The van der Waals surface area contributed by atoms with Crippen LogP contribution in [0, 0.1) is 17.0 Å². The zero-order valence-electron chi connectivity index (χ0n) is 18.5. The number of hydrogen-bond acceptors (Lipinski definition) is 7. The monoisotopic (exact) mass is 473 g/mol. The molecule has 0 saturated heterocycles. The van der Waals surface area contributed by atoms with E-state index in [2.05, 4.69) is 9.40 Å². The van der Waals surface area contributed by atoms with E-state index in [1.807, 2.05) is 43.3 Å². The van der Waals surface area contributed by atoms with Gasteiger partial charge in [0.15, 0.2) is 9.84 Å². The highest BCUT2D eigenvalue weighted by molar-refractivity contribution is 7.90. The highest BCUT2D eigenvalue weighted by Crippen LogP contribution is 2.32. The minimum Gasteiger partial charge on any atom is -0.379 e. The summed E-state index contributed by atoms with van der Waals surface area (Å²) >= 11 is 0. The molecule has 2 N–H and O–H groups in total. The van der Waals surface area contributed by atoms with Gasteiger partial charge in [0.1, 0.15) is 0 Å². The average Bonchev–Trinajstić information content (AvgIpc) is 3.13. The van der Waals surface area contributed by atoms with Crippen LogP contribution < -0.4 is 5.73 Å². The standard InChI is InChI=1S/C23H27N3O6S/c1-17-21(22(24)16-31-13-6-14-32-26(27)28)15-23(25(17)19-7-4-3-5-8-19)18-9-11-20(12-10-18)33(2,29)30/h3-5,7-12,15,22H,6,13-14,16,24H2,1-2H3. The first-order valence-corrected chi connectivity index (χ1v) is 12.3. The maximum Gasteiger partial charge on any atom is 0.294 e. The Morgan fingerprint density at radius 1 is 1.09 bits per heavy atom. The number of sulfone groups is 1. The molecule has 1 heterocycles. The zero-order chi connectivity index (χ0) is 24.0. The highest BCUT2D eigenvalue weighted by atomic mass is 32.2. The molecule has 0 amide bonds. The fraction of sp³-hybridized carbons (Fsp3) is 0.304. The van der Waals surface area contributed by atoms with Crippen molar-refractivity contribution < 1.29 is 23.1 Å². The third kappa shape index (κ3) is 6.19. The number of rotatable bonds is 11. The van der Waals surface area contributed by atoms with Gasteiger partial charge in [-0.2, -0.15) is 0 Å². The predicted octanol–water partition coefficient (Wildman–Crippen LogP) is 3.47. The van der Waals surface area contributed by atoms with E-state index in [0.29, 0.717) is 13.0 Å². The van der Waals surface area contributed by atoms with Crippen molar-refractivity contribution in [3.05, 3.63) is 82.0 Å². The van der Waals surface area contributed by atoms with Gasteiger partial charge in [-0.25, -0.2) is 8.42 Å². The van der Waals surface area contributed by atoms with E-state index in [0.717, 1.165) is 28.2 Å². The molecule has 0 spiro atoms. The van der Waals surface area contributed by atoms with Gasteiger partial charge in [0, 0.05) is 24.2 Å². The molecule has 0 saturated carbocycles. The predicted molar refractivity (Wildman–Crippen MR) is 124 cm³/mol. The van der Waals surface area contributed by atoms with Crippen LogP contribution in [0.5, 0.6) is 0 Å². The summed E-state index contributed by atoms with van der Waals surface area (Å²) in [7, 11) is -3.29. The van der Waals surface area contributed by atoms with Crippen molar-refractivity contribution in [2.24, 2.45) is 5.73 Å². The lowest BCUT2D eigenvalue weighted by Gasteiger charge is -2.15. The summed E-state index contributed by atoms with van der Waals surface area (Å²) in [6.07, 6.45) is 1.56. The molecular formula is C23H27N3O6S. The Balaban J connectivity index is 1.87. The van der Waals surface area contributed by atoms with Crippen LogP contribution in [0.1, 0.15) is 23.7 Å². The normalized spacial score (nSPS) is 12.5. The third-order valence-electron chi connectivity index (χ3n) is 5.21. The minimum absolute atomic E-state index is 0.0285. The summed E-state index contributed by atoms with van der Waals surface area (Å²) in [6, 6.07) is 18.1. The van der Waals surface area contributed by atoms with E-state index < -0.39 is 21.0 Å². The number of para-hydroxylation sites is 1. The van der Waals surface area contributed by atoms with Crippen LogP contribution >= 0.6 is 0 Å². The largest absolute Gasteiger partial charge is 0.379 e. The summed E-state index contributed by atoms with van der Waals surface area (Å²) in [6.45, 7) is 2.48. The van der Waals surface area contributed by atoms with Crippen LogP contribution in [0.25, 0.3) is 16.9 Å². The fourth-order valence-electron chi connectivity index (χ4n) is 3.60. The average molecular weight is 474 g/mol. The molecule has 2 aromatic carbocycles. The first-order chi connectivity index (χ1) is 15.7. The second kappa shape index (κ2) is 10.6.